The first-order valence-electron chi connectivity index (χ1n) is 10.5. The number of hydrogen-bond donors (Lipinski definition) is 0. The molecule has 5 heteroatoms. The molecule has 148 valence electrons. The molecule has 5 nitrogen and oxygen atoms in total. The van der Waals surface area contributed by atoms with Crippen molar-refractivity contribution in [1.29, 1.82) is 0 Å². The van der Waals surface area contributed by atoms with Crippen LogP contribution in [-0.4, -0.2) is 27.5 Å². The number of likely N-dealkylation sites (tertiary alicyclic amines) is 1. The van der Waals surface area contributed by atoms with E-state index >= 15 is 0 Å². The predicted molar refractivity (Wildman–Crippen MR) is 110 cm³/mol. The minimum atomic E-state index is -0.112. The number of benzene rings is 2. The molecule has 29 heavy (non-hydrogen) atoms. The van der Waals surface area contributed by atoms with E-state index in [1.807, 2.05) is 54.3 Å². The van der Waals surface area contributed by atoms with Gasteiger partial charge in [-0.25, -0.2) is 0 Å². The number of amides is 1. The first-order valence-corrected chi connectivity index (χ1v) is 10.5. The molecule has 2 heterocycles. The minimum absolute atomic E-state index is 0.0807. The number of carbonyl (C=O) groups excluding carboxylic acids is 1. The maximum atomic E-state index is 13.3. The lowest BCUT2D eigenvalue weighted by Gasteiger charge is -2.33. The fourth-order valence-corrected chi connectivity index (χ4v) is 4.47. The highest BCUT2D eigenvalue weighted by Gasteiger charge is 2.47. The zero-order valence-corrected chi connectivity index (χ0v) is 16.6. The van der Waals surface area contributed by atoms with Gasteiger partial charge in [-0.2, -0.15) is 4.98 Å². The Morgan fingerprint density at radius 3 is 2.79 bits per heavy atom. The lowest BCUT2D eigenvalue weighted by molar-refractivity contribution is -0.137. The second-order valence-electron chi connectivity index (χ2n) is 8.23. The van der Waals surface area contributed by atoms with Crippen molar-refractivity contribution >= 4 is 5.91 Å². The van der Waals surface area contributed by atoms with Crippen molar-refractivity contribution in [3.63, 3.8) is 0 Å². The Balaban J connectivity index is 1.35. The SMILES string of the molecule is Cc1cccc(-c2noc(C3CCCCN3C(=O)C3CC3c3ccccc3)n2)c1. The van der Waals surface area contributed by atoms with Crippen LogP contribution in [0.2, 0.25) is 0 Å². The zero-order valence-electron chi connectivity index (χ0n) is 16.6. The summed E-state index contributed by atoms with van der Waals surface area (Å²) >= 11 is 0. The van der Waals surface area contributed by atoms with Crippen LogP contribution in [0.1, 0.15) is 54.7 Å². The number of piperidine rings is 1. The van der Waals surface area contributed by atoms with Crippen LogP contribution in [0.3, 0.4) is 0 Å². The summed E-state index contributed by atoms with van der Waals surface area (Å²) in [5.41, 5.74) is 3.36. The lowest BCUT2D eigenvalue weighted by Crippen LogP contribution is -2.39. The summed E-state index contributed by atoms with van der Waals surface area (Å²) in [7, 11) is 0. The van der Waals surface area contributed by atoms with E-state index in [-0.39, 0.29) is 17.9 Å². The van der Waals surface area contributed by atoms with Gasteiger partial charge in [0.05, 0.1) is 0 Å². The molecule has 1 aliphatic heterocycles. The molecule has 2 aliphatic rings. The van der Waals surface area contributed by atoms with Crippen LogP contribution < -0.4 is 0 Å². The summed E-state index contributed by atoms with van der Waals surface area (Å²) in [6.45, 7) is 2.81. The summed E-state index contributed by atoms with van der Waals surface area (Å²) in [4.78, 5) is 19.9. The van der Waals surface area contributed by atoms with Crippen molar-refractivity contribution in [3.8, 4) is 11.4 Å². The van der Waals surface area contributed by atoms with Gasteiger partial charge in [-0.05, 0) is 50.2 Å². The highest BCUT2D eigenvalue weighted by atomic mass is 16.5. The average Bonchev–Trinajstić information content (AvgIpc) is 3.42. The van der Waals surface area contributed by atoms with Gasteiger partial charge in [-0.15, -0.1) is 0 Å². The van der Waals surface area contributed by atoms with E-state index in [4.69, 9.17) is 4.52 Å². The van der Waals surface area contributed by atoms with Gasteiger partial charge in [-0.1, -0.05) is 59.3 Å². The lowest BCUT2D eigenvalue weighted by atomic mass is 10.0. The van der Waals surface area contributed by atoms with Crippen LogP contribution >= 0.6 is 0 Å². The van der Waals surface area contributed by atoms with E-state index in [9.17, 15) is 4.79 Å². The van der Waals surface area contributed by atoms with E-state index in [1.165, 1.54) is 5.56 Å². The fourth-order valence-electron chi connectivity index (χ4n) is 4.47. The third kappa shape index (κ3) is 3.57. The van der Waals surface area contributed by atoms with Gasteiger partial charge in [0.25, 0.3) is 0 Å². The van der Waals surface area contributed by atoms with Gasteiger partial charge in [0.2, 0.25) is 17.6 Å². The second kappa shape index (κ2) is 7.47. The molecule has 1 saturated carbocycles. The van der Waals surface area contributed by atoms with Crippen molar-refractivity contribution in [2.45, 2.75) is 44.6 Å². The van der Waals surface area contributed by atoms with Gasteiger partial charge >= 0.3 is 0 Å². The quantitative estimate of drug-likeness (QED) is 0.639. The molecule has 0 N–H and O–H groups in total. The molecule has 0 radical (unpaired) electrons. The summed E-state index contributed by atoms with van der Waals surface area (Å²) < 4.78 is 5.64. The van der Waals surface area contributed by atoms with Gasteiger partial charge in [0, 0.05) is 18.0 Å². The number of hydrogen-bond acceptors (Lipinski definition) is 4. The Morgan fingerprint density at radius 1 is 1.10 bits per heavy atom. The monoisotopic (exact) mass is 387 g/mol. The molecule has 0 spiro atoms. The van der Waals surface area contributed by atoms with Crippen molar-refractivity contribution < 1.29 is 9.32 Å². The van der Waals surface area contributed by atoms with Crippen molar-refractivity contribution in [2.24, 2.45) is 5.92 Å². The van der Waals surface area contributed by atoms with Crippen LogP contribution in [0, 0.1) is 12.8 Å². The van der Waals surface area contributed by atoms with E-state index in [2.05, 4.69) is 22.3 Å². The first kappa shape index (κ1) is 18.1. The number of aryl methyl sites for hydroxylation is 1. The predicted octanol–water partition coefficient (Wildman–Crippen LogP) is 4.90. The largest absolute Gasteiger partial charge is 0.337 e. The van der Waals surface area contributed by atoms with E-state index in [0.717, 1.165) is 43.4 Å². The molecule has 1 amide bonds. The molecular weight excluding hydrogens is 362 g/mol. The van der Waals surface area contributed by atoms with Crippen LogP contribution in [0.5, 0.6) is 0 Å². The van der Waals surface area contributed by atoms with E-state index < -0.39 is 0 Å². The van der Waals surface area contributed by atoms with E-state index in [1.54, 1.807) is 0 Å². The molecule has 1 aromatic heterocycles. The molecule has 3 unspecified atom stereocenters. The number of nitrogens with zero attached hydrogens (tertiary/aromatic N) is 3. The Morgan fingerprint density at radius 2 is 1.97 bits per heavy atom. The number of aromatic nitrogens is 2. The Labute approximate surface area is 170 Å². The van der Waals surface area contributed by atoms with Crippen molar-refractivity contribution in [3.05, 3.63) is 71.6 Å². The van der Waals surface area contributed by atoms with Gasteiger partial charge < -0.3 is 9.42 Å². The molecule has 5 rings (SSSR count). The fraction of sp³-hybridized carbons (Fsp3) is 0.375. The van der Waals surface area contributed by atoms with Crippen LogP contribution in [-0.2, 0) is 4.79 Å². The maximum absolute atomic E-state index is 13.3. The number of rotatable bonds is 4. The molecule has 0 bridgehead atoms. The summed E-state index contributed by atoms with van der Waals surface area (Å²) in [5, 5.41) is 4.20. The molecule has 1 saturated heterocycles. The topological polar surface area (TPSA) is 59.2 Å². The van der Waals surface area contributed by atoms with Crippen LogP contribution in [0.4, 0.5) is 0 Å². The second-order valence-corrected chi connectivity index (χ2v) is 8.23. The Bertz CT molecular complexity index is 1010. The molecule has 2 fully saturated rings. The molecule has 3 aromatic rings. The number of carbonyl (C=O) groups is 1. The highest BCUT2D eigenvalue weighted by molar-refractivity contribution is 5.83. The summed E-state index contributed by atoms with van der Waals surface area (Å²) in [6.07, 6.45) is 3.92. The van der Waals surface area contributed by atoms with Gasteiger partial charge in [-0.3, -0.25) is 4.79 Å². The maximum Gasteiger partial charge on any atom is 0.249 e. The summed E-state index contributed by atoms with van der Waals surface area (Å²) in [6, 6.07) is 18.3. The van der Waals surface area contributed by atoms with Gasteiger partial charge in [0.15, 0.2) is 0 Å². The third-order valence-corrected chi connectivity index (χ3v) is 6.12. The van der Waals surface area contributed by atoms with Crippen LogP contribution in [0.15, 0.2) is 59.1 Å². The Hall–Kier alpha value is -2.95. The average molecular weight is 387 g/mol. The summed E-state index contributed by atoms with van der Waals surface area (Å²) in [5.74, 6) is 1.81. The first-order chi connectivity index (χ1) is 14.2. The standard InChI is InChI=1S/C24H25N3O2/c1-16-8-7-11-18(14-16)22-25-23(29-26-22)21-12-5-6-13-27(21)24(28)20-15-19(20)17-9-3-2-4-10-17/h2-4,7-11,14,19-21H,5-6,12-13,15H2,1H3. The van der Waals surface area contributed by atoms with Gasteiger partial charge in [0.1, 0.15) is 6.04 Å². The molecular formula is C24H25N3O2. The molecule has 3 atom stereocenters. The minimum Gasteiger partial charge on any atom is -0.337 e. The highest BCUT2D eigenvalue weighted by Crippen LogP contribution is 2.49. The molecule has 2 aromatic carbocycles. The normalized spacial score (nSPS) is 23.8. The zero-order chi connectivity index (χ0) is 19.8. The third-order valence-electron chi connectivity index (χ3n) is 6.12. The van der Waals surface area contributed by atoms with E-state index in [0.29, 0.717) is 17.6 Å². The van der Waals surface area contributed by atoms with Crippen molar-refractivity contribution in [2.75, 3.05) is 6.54 Å². The smallest absolute Gasteiger partial charge is 0.249 e. The molecule has 1 aliphatic carbocycles. The van der Waals surface area contributed by atoms with Crippen molar-refractivity contribution in [1.82, 2.24) is 15.0 Å². The van der Waals surface area contributed by atoms with Crippen LogP contribution in [0.25, 0.3) is 11.4 Å². The Kier molecular flexibility index (Phi) is 4.66.